The monoisotopic (exact) mass is 281 g/mol. The first kappa shape index (κ1) is 14.1. The topological polar surface area (TPSA) is 61.5 Å². The molecule has 2 heterocycles. The van der Waals surface area contributed by atoms with Crippen LogP contribution in [0.15, 0.2) is 0 Å². The van der Waals surface area contributed by atoms with Crippen molar-refractivity contribution in [3.8, 4) is 0 Å². The molecule has 0 aromatic carbocycles. The van der Waals surface area contributed by atoms with E-state index in [1.165, 1.54) is 11.5 Å². The van der Waals surface area contributed by atoms with Gasteiger partial charge in [-0.15, -0.1) is 10.3 Å². The largest absolute Gasteiger partial charge is 0.444 e. The van der Waals surface area contributed by atoms with Gasteiger partial charge in [0.25, 0.3) is 0 Å². The lowest BCUT2D eigenvalue weighted by molar-refractivity contribution is -0.351. The zero-order chi connectivity index (χ0) is 14.8. The molecular weight excluding hydrogens is 256 g/mol. The number of carbonyl (C=O) groups is 1. The second kappa shape index (κ2) is 4.10. The summed E-state index contributed by atoms with van der Waals surface area (Å²) in [4.78, 5) is 12.1. The van der Waals surface area contributed by atoms with Gasteiger partial charge in [-0.25, -0.2) is 4.79 Å². The highest BCUT2D eigenvalue weighted by molar-refractivity contribution is 5.68. The van der Waals surface area contributed by atoms with Crippen LogP contribution in [0.3, 0.4) is 0 Å². The van der Waals surface area contributed by atoms with Crippen LogP contribution in [0.25, 0.3) is 0 Å². The first-order chi connectivity index (χ1) is 9.12. The number of piperidine rings is 2. The average Bonchev–Trinajstić information content (AvgIpc) is 2.21. The fraction of sp³-hybridized carbons (Fsp3) is 0.933. The Morgan fingerprint density at radius 2 is 1.75 bits per heavy atom. The Kier molecular flexibility index (Phi) is 2.90. The molecule has 0 aromatic rings. The fourth-order valence-corrected chi connectivity index (χ4v) is 4.81. The molecule has 4 rings (SSSR count). The summed E-state index contributed by atoms with van der Waals surface area (Å²) < 4.78 is 5.34. The van der Waals surface area contributed by atoms with Crippen LogP contribution < -0.4 is 5.32 Å². The van der Waals surface area contributed by atoms with E-state index >= 15 is 0 Å². The van der Waals surface area contributed by atoms with Crippen LogP contribution in [0.5, 0.6) is 0 Å². The summed E-state index contributed by atoms with van der Waals surface area (Å²) in [5.74, 6) is 1.13. The molecule has 0 spiro atoms. The standard InChI is InChI=1S/C15H25N2O3/c1-13(2,3)20-12(18)16-15-8-10-5-11(9-15)7-14(4,6-10)17(15)19/h10-11H,5-9H2,1-4H3,(H,16,18). The highest BCUT2D eigenvalue weighted by Crippen LogP contribution is 2.57. The first-order valence-electron chi connectivity index (χ1n) is 7.61. The first-order valence-corrected chi connectivity index (χ1v) is 7.61. The number of hydrogen-bond acceptors (Lipinski definition) is 3. The van der Waals surface area contributed by atoms with Gasteiger partial charge in [-0.2, -0.15) is 0 Å². The zero-order valence-electron chi connectivity index (χ0n) is 12.9. The summed E-state index contributed by atoms with van der Waals surface area (Å²) in [7, 11) is 0. The van der Waals surface area contributed by atoms with E-state index in [0.29, 0.717) is 11.8 Å². The van der Waals surface area contributed by atoms with Crippen LogP contribution in [0, 0.1) is 11.8 Å². The Hall–Kier alpha value is -0.810. The molecule has 2 aliphatic carbocycles. The Balaban J connectivity index is 1.79. The van der Waals surface area contributed by atoms with E-state index in [-0.39, 0.29) is 5.54 Å². The fourth-order valence-electron chi connectivity index (χ4n) is 4.81. The van der Waals surface area contributed by atoms with Gasteiger partial charge < -0.3 is 10.1 Å². The average molecular weight is 281 g/mol. The van der Waals surface area contributed by atoms with Crippen LogP contribution in [0.4, 0.5) is 4.79 Å². The van der Waals surface area contributed by atoms with E-state index in [9.17, 15) is 10.0 Å². The normalized spacial score (nSPS) is 43.6. The van der Waals surface area contributed by atoms with Crippen molar-refractivity contribution in [2.75, 3.05) is 0 Å². The summed E-state index contributed by atoms with van der Waals surface area (Å²) in [6, 6.07) is 0. The third-order valence-corrected chi connectivity index (χ3v) is 4.99. The van der Waals surface area contributed by atoms with Crippen LogP contribution >= 0.6 is 0 Å². The number of carbonyl (C=O) groups excluding carboxylic acids is 1. The van der Waals surface area contributed by atoms with Crippen molar-refractivity contribution >= 4 is 6.09 Å². The number of nitrogens with zero attached hydrogens (tertiary/aromatic N) is 1. The number of rotatable bonds is 1. The molecule has 2 saturated carbocycles. The van der Waals surface area contributed by atoms with Crippen molar-refractivity contribution in [2.24, 2.45) is 11.8 Å². The number of nitrogens with one attached hydrogen (secondary N) is 1. The Morgan fingerprint density at radius 1 is 1.20 bits per heavy atom. The minimum Gasteiger partial charge on any atom is -0.444 e. The molecule has 4 aliphatic rings. The molecule has 4 bridgehead atoms. The third kappa shape index (κ3) is 2.21. The van der Waals surface area contributed by atoms with Gasteiger partial charge in [0.15, 0.2) is 0 Å². The summed E-state index contributed by atoms with van der Waals surface area (Å²) in [6.45, 7) is 7.55. The highest BCUT2D eigenvalue weighted by atomic mass is 16.6. The summed E-state index contributed by atoms with van der Waals surface area (Å²) in [5, 5.41) is 16.8. The molecule has 0 aromatic heterocycles. The van der Waals surface area contributed by atoms with Gasteiger partial charge in [-0.1, -0.05) is 0 Å². The number of amides is 1. The molecule has 2 aliphatic heterocycles. The van der Waals surface area contributed by atoms with E-state index in [0.717, 1.165) is 25.7 Å². The van der Waals surface area contributed by atoms with Gasteiger partial charge in [-0.3, -0.25) is 0 Å². The maximum atomic E-state index is 12.8. The van der Waals surface area contributed by atoms with E-state index < -0.39 is 17.4 Å². The summed E-state index contributed by atoms with van der Waals surface area (Å²) in [5.41, 5.74) is -1.58. The highest BCUT2D eigenvalue weighted by Gasteiger charge is 2.62. The molecule has 1 N–H and O–H groups in total. The lowest BCUT2D eigenvalue weighted by Gasteiger charge is -2.63. The second-order valence-electron chi connectivity index (χ2n) is 8.23. The quantitative estimate of drug-likeness (QED) is 0.804. The van der Waals surface area contributed by atoms with Crippen molar-refractivity contribution in [3.63, 3.8) is 0 Å². The van der Waals surface area contributed by atoms with Crippen molar-refractivity contribution in [1.29, 1.82) is 0 Å². The smallest absolute Gasteiger partial charge is 0.409 e. The Bertz CT molecular complexity index is 415. The number of alkyl carbamates (subject to hydrolysis) is 1. The minimum absolute atomic E-state index is 0.306. The van der Waals surface area contributed by atoms with Crippen LogP contribution in [0.1, 0.15) is 59.8 Å². The molecule has 5 nitrogen and oxygen atoms in total. The van der Waals surface area contributed by atoms with Gasteiger partial charge in [0, 0.05) is 5.54 Å². The zero-order valence-corrected chi connectivity index (χ0v) is 12.9. The number of hydroxylamine groups is 2. The molecule has 20 heavy (non-hydrogen) atoms. The second-order valence-corrected chi connectivity index (χ2v) is 8.23. The maximum absolute atomic E-state index is 12.8. The van der Waals surface area contributed by atoms with Crippen LogP contribution in [-0.4, -0.2) is 28.0 Å². The molecule has 1 amide bonds. The van der Waals surface area contributed by atoms with E-state index in [2.05, 4.69) is 5.32 Å². The molecule has 5 heteroatoms. The Labute approximate surface area is 120 Å². The van der Waals surface area contributed by atoms with Gasteiger partial charge in [0.05, 0.1) is 0 Å². The molecule has 1 radical (unpaired) electrons. The number of hydrogen-bond donors (Lipinski definition) is 1. The lowest BCUT2D eigenvalue weighted by atomic mass is 9.57. The SMILES string of the molecule is CC(C)(C)OC(=O)NC12CC3CC(CC(C)(C3)N1[O])C2. The van der Waals surface area contributed by atoms with Crippen molar-refractivity contribution in [3.05, 3.63) is 0 Å². The molecule has 2 unspecified atom stereocenters. The molecular formula is C15H25N2O3. The maximum Gasteiger partial charge on any atom is 0.409 e. The summed E-state index contributed by atoms with van der Waals surface area (Å²) >= 11 is 0. The molecule has 2 atom stereocenters. The molecule has 2 saturated heterocycles. The summed E-state index contributed by atoms with van der Waals surface area (Å²) in [6.07, 6.45) is 4.20. The third-order valence-electron chi connectivity index (χ3n) is 4.99. The van der Waals surface area contributed by atoms with E-state index in [1.807, 2.05) is 27.7 Å². The number of ether oxygens (including phenoxy) is 1. The molecule has 113 valence electrons. The minimum atomic E-state index is -0.735. The van der Waals surface area contributed by atoms with Crippen molar-refractivity contribution in [2.45, 2.75) is 76.6 Å². The van der Waals surface area contributed by atoms with Crippen molar-refractivity contribution < 1.29 is 14.7 Å². The van der Waals surface area contributed by atoms with Crippen LogP contribution in [0.2, 0.25) is 0 Å². The van der Waals surface area contributed by atoms with Gasteiger partial charge in [0.2, 0.25) is 0 Å². The van der Waals surface area contributed by atoms with E-state index in [4.69, 9.17) is 4.74 Å². The predicted octanol–water partition coefficient (Wildman–Crippen LogP) is 2.84. The van der Waals surface area contributed by atoms with E-state index in [1.54, 1.807) is 0 Å². The predicted molar refractivity (Wildman–Crippen MR) is 73.1 cm³/mol. The van der Waals surface area contributed by atoms with Gasteiger partial charge in [0.1, 0.15) is 11.3 Å². The molecule has 4 fully saturated rings. The van der Waals surface area contributed by atoms with Gasteiger partial charge >= 0.3 is 6.09 Å². The van der Waals surface area contributed by atoms with Crippen molar-refractivity contribution in [1.82, 2.24) is 10.4 Å². The Morgan fingerprint density at radius 3 is 2.25 bits per heavy atom. The lowest BCUT2D eigenvalue weighted by Crippen LogP contribution is -2.75. The van der Waals surface area contributed by atoms with Crippen LogP contribution in [-0.2, 0) is 9.94 Å². The van der Waals surface area contributed by atoms with Gasteiger partial charge in [-0.05, 0) is 71.6 Å².